The zero-order valence-corrected chi connectivity index (χ0v) is 13.0. The molecule has 20 heavy (non-hydrogen) atoms. The minimum absolute atomic E-state index is 0.519. The molecule has 114 valence electrons. The fourth-order valence-electron chi connectivity index (χ4n) is 1.66. The zero-order chi connectivity index (χ0) is 14.8. The van der Waals surface area contributed by atoms with Crippen LogP contribution in [0.4, 0.5) is 5.69 Å². The summed E-state index contributed by atoms with van der Waals surface area (Å²) in [7, 11) is 4.86. The second-order valence-electron chi connectivity index (χ2n) is 4.07. The number of methoxy groups -OCH3 is 3. The first kappa shape index (κ1) is 16.9. The smallest absolute Gasteiger partial charge is 0.143 e. The van der Waals surface area contributed by atoms with Gasteiger partial charge in [-0.1, -0.05) is 11.6 Å². The van der Waals surface area contributed by atoms with Crippen LogP contribution >= 0.6 is 11.6 Å². The van der Waals surface area contributed by atoms with Gasteiger partial charge in [0.05, 0.1) is 31.5 Å². The maximum Gasteiger partial charge on any atom is 0.143 e. The first-order chi connectivity index (χ1) is 9.72. The lowest BCUT2D eigenvalue weighted by molar-refractivity contribution is 0.109. The zero-order valence-electron chi connectivity index (χ0n) is 12.2. The Balaban J connectivity index is 2.42. The van der Waals surface area contributed by atoms with Gasteiger partial charge in [0, 0.05) is 39.0 Å². The van der Waals surface area contributed by atoms with Crippen LogP contribution in [0.1, 0.15) is 6.42 Å². The second-order valence-corrected chi connectivity index (χ2v) is 4.48. The standard InChI is InChI=1S/C14H22ClNO4/c1-17-6-4-7-20-8-5-16-12-10-13(18-2)11(15)9-14(12)19-3/h9-10,16H,4-8H2,1-3H3. The third-order valence-electron chi connectivity index (χ3n) is 2.67. The highest BCUT2D eigenvalue weighted by Gasteiger charge is 2.09. The molecule has 0 aliphatic carbocycles. The number of benzene rings is 1. The topological polar surface area (TPSA) is 49.0 Å². The van der Waals surface area contributed by atoms with Gasteiger partial charge < -0.3 is 24.3 Å². The highest BCUT2D eigenvalue weighted by atomic mass is 35.5. The number of halogens is 1. The molecule has 1 aromatic carbocycles. The molecular formula is C14H22ClNO4. The molecule has 0 unspecified atom stereocenters. The van der Waals surface area contributed by atoms with Crippen molar-refractivity contribution < 1.29 is 18.9 Å². The van der Waals surface area contributed by atoms with E-state index in [4.69, 9.17) is 30.5 Å². The van der Waals surface area contributed by atoms with E-state index < -0.39 is 0 Å². The van der Waals surface area contributed by atoms with Crippen LogP contribution < -0.4 is 14.8 Å². The molecule has 0 fully saturated rings. The number of hydrogen-bond donors (Lipinski definition) is 1. The Bertz CT molecular complexity index is 401. The van der Waals surface area contributed by atoms with Gasteiger partial charge in [0.25, 0.3) is 0 Å². The Morgan fingerprint density at radius 1 is 1.00 bits per heavy atom. The summed E-state index contributed by atoms with van der Waals surface area (Å²) in [5.41, 5.74) is 0.828. The summed E-state index contributed by atoms with van der Waals surface area (Å²) in [6.07, 6.45) is 0.897. The lowest BCUT2D eigenvalue weighted by Crippen LogP contribution is -2.11. The van der Waals surface area contributed by atoms with E-state index in [1.165, 1.54) is 0 Å². The summed E-state index contributed by atoms with van der Waals surface area (Å²) in [5.74, 6) is 1.28. The van der Waals surface area contributed by atoms with E-state index in [1.54, 1.807) is 27.4 Å². The van der Waals surface area contributed by atoms with Crippen LogP contribution in [0, 0.1) is 0 Å². The maximum absolute atomic E-state index is 6.04. The Hall–Kier alpha value is -1.17. The third kappa shape index (κ3) is 5.45. The molecule has 1 N–H and O–H groups in total. The van der Waals surface area contributed by atoms with E-state index in [1.807, 2.05) is 6.07 Å². The molecule has 0 bridgehead atoms. The largest absolute Gasteiger partial charge is 0.495 e. The minimum Gasteiger partial charge on any atom is -0.495 e. The average Bonchev–Trinajstić information content (AvgIpc) is 2.47. The fourth-order valence-corrected chi connectivity index (χ4v) is 1.89. The molecule has 0 saturated carbocycles. The molecule has 5 nitrogen and oxygen atoms in total. The van der Waals surface area contributed by atoms with Crippen molar-refractivity contribution in [2.24, 2.45) is 0 Å². The summed E-state index contributed by atoms with van der Waals surface area (Å²) in [6.45, 7) is 2.69. The van der Waals surface area contributed by atoms with E-state index >= 15 is 0 Å². The lowest BCUT2D eigenvalue weighted by atomic mass is 10.2. The summed E-state index contributed by atoms with van der Waals surface area (Å²) >= 11 is 6.04. The Morgan fingerprint density at radius 2 is 1.75 bits per heavy atom. The molecule has 0 aliphatic rings. The first-order valence-corrected chi connectivity index (χ1v) is 6.82. The van der Waals surface area contributed by atoms with Crippen LogP contribution in [0.2, 0.25) is 5.02 Å². The van der Waals surface area contributed by atoms with E-state index in [9.17, 15) is 0 Å². The third-order valence-corrected chi connectivity index (χ3v) is 2.97. The van der Waals surface area contributed by atoms with Crippen LogP contribution in [0.15, 0.2) is 12.1 Å². The summed E-state index contributed by atoms with van der Waals surface area (Å²) in [4.78, 5) is 0. The second kappa shape index (κ2) is 9.69. The van der Waals surface area contributed by atoms with Crippen LogP contribution in [-0.4, -0.2) is 47.7 Å². The van der Waals surface area contributed by atoms with Crippen molar-refractivity contribution in [3.63, 3.8) is 0 Å². The lowest BCUT2D eigenvalue weighted by Gasteiger charge is -2.14. The van der Waals surface area contributed by atoms with E-state index in [-0.39, 0.29) is 0 Å². The Morgan fingerprint density at radius 3 is 2.40 bits per heavy atom. The quantitative estimate of drug-likeness (QED) is 0.674. The summed E-state index contributed by atoms with van der Waals surface area (Å²) in [6, 6.07) is 3.54. The summed E-state index contributed by atoms with van der Waals surface area (Å²) in [5, 5.41) is 3.76. The van der Waals surface area contributed by atoms with Crippen molar-refractivity contribution >= 4 is 17.3 Å². The normalized spacial score (nSPS) is 10.4. The predicted molar refractivity (Wildman–Crippen MR) is 80.4 cm³/mol. The van der Waals surface area contributed by atoms with Crippen molar-refractivity contribution in [1.29, 1.82) is 0 Å². The fraction of sp³-hybridized carbons (Fsp3) is 0.571. The molecule has 0 atom stereocenters. The van der Waals surface area contributed by atoms with Gasteiger partial charge in [-0.05, 0) is 6.42 Å². The highest BCUT2D eigenvalue weighted by Crippen LogP contribution is 2.35. The SMILES string of the molecule is COCCCOCCNc1cc(OC)c(Cl)cc1OC. The van der Waals surface area contributed by atoms with Gasteiger partial charge in [-0.2, -0.15) is 0 Å². The molecule has 6 heteroatoms. The molecule has 0 aliphatic heterocycles. The van der Waals surface area contributed by atoms with E-state index in [0.29, 0.717) is 36.3 Å². The monoisotopic (exact) mass is 303 g/mol. The van der Waals surface area contributed by atoms with Crippen LogP contribution in [0.3, 0.4) is 0 Å². The molecular weight excluding hydrogens is 282 g/mol. The highest BCUT2D eigenvalue weighted by molar-refractivity contribution is 6.32. The first-order valence-electron chi connectivity index (χ1n) is 6.45. The van der Waals surface area contributed by atoms with Crippen molar-refractivity contribution in [3.8, 4) is 11.5 Å². The number of ether oxygens (including phenoxy) is 4. The molecule has 0 radical (unpaired) electrons. The molecule has 0 aromatic heterocycles. The molecule has 0 spiro atoms. The van der Waals surface area contributed by atoms with Gasteiger partial charge in [-0.3, -0.25) is 0 Å². The maximum atomic E-state index is 6.04. The van der Waals surface area contributed by atoms with Gasteiger partial charge in [-0.15, -0.1) is 0 Å². The molecule has 0 heterocycles. The number of rotatable bonds is 10. The molecule has 1 aromatic rings. The minimum atomic E-state index is 0.519. The molecule has 0 amide bonds. The molecule has 0 saturated heterocycles. The van der Waals surface area contributed by atoms with Crippen LogP contribution in [0.25, 0.3) is 0 Å². The van der Waals surface area contributed by atoms with Gasteiger partial charge in [0.15, 0.2) is 0 Å². The number of hydrogen-bond acceptors (Lipinski definition) is 5. The van der Waals surface area contributed by atoms with E-state index in [0.717, 1.165) is 18.7 Å². The van der Waals surface area contributed by atoms with Crippen molar-refractivity contribution in [1.82, 2.24) is 0 Å². The van der Waals surface area contributed by atoms with Crippen LogP contribution in [-0.2, 0) is 9.47 Å². The van der Waals surface area contributed by atoms with Gasteiger partial charge in [0.1, 0.15) is 11.5 Å². The Kier molecular flexibility index (Phi) is 8.18. The van der Waals surface area contributed by atoms with Crippen molar-refractivity contribution in [3.05, 3.63) is 17.2 Å². The number of nitrogens with one attached hydrogen (secondary N) is 1. The predicted octanol–water partition coefficient (Wildman–Crippen LogP) is 2.82. The van der Waals surface area contributed by atoms with Gasteiger partial charge in [-0.25, -0.2) is 0 Å². The van der Waals surface area contributed by atoms with Gasteiger partial charge >= 0.3 is 0 Å². The van der Waals surface area contributed by atoms with Gasteiger partial charge in [0.2, 0.25) is 0 Å². The number of anilines is 1. The molecule has 1 rings (SSSR count). The van der Waals surface area contributed by atoms with E-state index in [2.05, 4.69) is 5.32 Å². The summed E-state index contributed by atoms with van der Waals surface area (Å²) < 4.78 is 20.9. The van der Waals surface area contributed by atoms with Crippen molar-refractivity contribution in [2.45, 2.75) is 6.42 Å². The van der Waals surface area contributed by atoms with Crippen LogP contribution in [0.5, 0.6) is 11.5 Å². The van der Waals surface area contributed by atoms with Crippen molar-refractivity contribution in [2.75, 3.05) is 53.0 Å². The average molecular weight is 304 g/mol. The Labute approximate surface area is 125 Å².